The third-order valence-electron chi connectivity index (χ3n) is 4.05. The van der Waals surface area contributed by atoms with E-state index in [1.807, 2.05) is 25.1 Å². The number of hydrogen-bond acceptors (Lipinski definition) is 3. The Morgan fingerprint density at radius 2 is 2.32 bits per heavy atom. The molecule has 0 bridgehead atoms. The van der Waals surface area contributed by atoms with Gasteiger partial charge in [0.1, 0.15) is 5.58 Å². The number of benzene rings is 1. The largest absolute Gasteiger partial charge is 0.451 e. The van der Waals surface area contributed by atoms with Gasteiger partial charge in [-0.15, -0.1) is 12.4 Å². The highest BCUT2D eigenvalue weighted by Gasteiger charge is 2.19. The number of aryl methyl sites for hydroxylation is 1. The minimum absolute atomic E-state index is 0. The topological polar surface area (TPSA) is 54.3 Å². The normalized spacial score (nSPS) is 18.0. The number of amides is 1. The molecule has 1 unspecified atom stereocenters. The van der Waals surface area contributed by atoms with Crippen molar-refractivity contribution in [3.8, 4) is 0 Å². The van der Waals surface area contributed by atoms with Gasteiger partial charge >= 0.3 is 0 Å². The summed E-state index contributed by atoms with van der Waals surface area (Å²) in [6, 6.07) is 5.78. The number of carbonyl (C=O) groups excluding carboxylic acids is 1. The van der Waals surface area contributed by atoms with E-state index in [2.05, 4.69) is 26.6 Å². The number of carbonyl (C=O) groups is 1. The first-order chi connectivity index (χ1) is 10.1. The van der Waals surface area contributed by atoms with Gasteiger partial charge in [0, 0.05) is 22.0 Å². The molecule has 120 valence electrons. The predicted molar refractivity (Wildman–Crippen MR) is 93.8 cm³/mol. The summed E-state index contributed by atoms with van der Waals surface area (Å²) < 4.78 is 6.69. The molecular weight excluding hydrogens is 368 g/mol. The van der Waals surface area contributed by atoms with Gasteiger partial charge in [0.05, 0.1) is 0 Å². The molecule has 0 aliphatic carbocycles. The van der Waals surface area contributed by atoms with E-state index in [0.29, 0.717) is 18.2 Å². The fraction of sp³-hybridized carbons (Fsp3) is 0.438. The smallest absolute Gasteiger partial charge is 0.287 e. The van der Waals surface area contributed by atoms with Gasteiger partial charge in [-0.2, -0.15) is 0 Å². The fourth-order valence-corrected chi connectivity index (χ4v) is 3.19. The Labute approximate surface area is 144 Å². The number of furan rings is 1. The zero-order valence-corrected chi connectivity index (χ0v) is 14.9. The number of rotatable bonds is 3. The maximum absolute atomic E-state index is 12.3. The molecule has 22 heavy (non-hydrogen) atoms. The Balaban J connectivity index is 0.00000176. The Bertz CT molecular complexity index is 665. The molecule has 1 fully saturated rings. The fourth-order valence-electron chi connectivity index (χ4n) is 2.83. The predicted octanol–water partition coefficient (Wildman–Crippen LogP) is 3.65. The number of nitrogens with one attached hydrogen (secondary N) is 2. The van der Waals surface area contributed by atoms with Crippen LogP contribution in [-0.2, 0) is 0 Å². The third kappa shape index (κ3) is 3.65. The van der Waals surface area contributed by atoms with Gasteiger partial charge in [0.15, 0.2) is 5.76 Å². The van der Waals surface area contributed by atoms with Gasteiger partial charge < -0.3 is 15.1 Å². The second-order valence-corrected chi connectivity index (χ2v) is 6.53. The highest BCUT2D eigenvalue weighted by Crippen LogP contribution is 2.28. The molecule has 2 heterocycles. The van der Waals surface area contributed by atoms with Gasteiger partial charge in [0.25, 0.3) is 5.91 Å². The van der Waals surface area contributed by atoms with Gasteiger partial charge in [-0.25, -0.2) is 0 Å². The molecule has 1 aliphatic heterocycles. The van der Waals surface area contributed by atoms with Crippen molar-refractivity contribution in [1.29, 1.82) is 0 Å². The maximum Gasteiger partial charge on any atom is 0.287 e. The van der Waals surface area contributed by atoms with Crippen LogP contribution in [0.25, 0.3) is 11.0 Å². The first-order valence-electron chi connectivity index (χ1n) is 7.32. The lowest BCUT2D eigenvalue weighted by molar-refractivity contribution is 0.0918. The molecule has 0 saturated carbocycles. The Morgan fingerprint density at radius 3 is 3.05 bits per heavy atom. The van der Waals surface area contributed by atoms with Gasteiger partial charge in [-0.05, 0) is 57.0 Å². The third-order valence-corrected chi connectivity index (χ3v) is 4.55. The summed E-state index contributed by atoms with van der Waals surface area (Å²) in [4.78, 5) is 12.3. The highest BCUT2D eigenvalue weighted by atomic mass is 79.9. The van der Waals surface area contributed by atoms with Crippen molar-refractivity contribution in [3.63, 3.8) is 0 Å². The SMILES string of the molecule is Cc1c(C(=O)NCC2CCCNC2)oc2ccc(Br)cc12.Cl. The minimum atomic E-state index is -0.120. The van der Waals surface area contributed by atoms with Crippen molar-refractivity contribution < 1.29 is 9.21 Å². The molecule has 1 aliphatic rings. The number of hydrogen-bond donors (Lipinski definition) is 2. The van der Waals surface area contributed by atoms with Crippen LogP contribution in [0.3, 0.4) is 0 Å². The van der Waals surface area contributed by atoms with E-state index in [9.17, 15) is 4.79 Å². The van der Waals surface area contributed by atoms with Gasteiger partial charge in [-0.1, -0.05) is 15.9 Å². The summed E-state index contributed by atoms with van der Waals surface area (Å²) in [5.74, 6) is 0.818. The van der Waals surface area contributed by atoms with Crippen molar-refractivity contribution in [1.82, 2.24) is 10.6 Å². The molecular formula is C16H20BrClN2O2. The maximum atomic E-state index is 12.3. The molecule has 1 amide bonds. The van der Waals surface area contributed by atoms with E-state index in [0.717, 1.165) is 34.1 Å². The molecule has 0 spiro atoms. The first kappa shape index (κ1) is 17.3. The summed E-state index contributed by atoms with van der Waals surface area (Å²) >= 11 is 3.45. The van der Waals surface area contributed by atoms with E-state index in [4.69, 9.17) is 4.42 Å². The van der Waals surface area contributed by atoms with Crippen LogP contribution >= 0.6 is 28.3 Å². The van der Waals surface area contributed by atoms with Crippen LogP contribution in [-0.4, -0.2) is 25.5 Å². The summed E-state index contributed by atoms with van der Waals surface area (Å²) in [7, 11) is 0. The van der Waals surface area contributed by atoms with Crippen LogP contribution < -0.4 is 10.6 Å². The molecule has 1 aromatic carbocycles. The molecule has 3 rings (SSSR count). The number of halogens is 2. The zero-order valence-electron chi connectivity index (χ0n) is 12.4. The molecule has 4 nitrogen and oxygen atoms in total. The molecule has 2 aromatic rings. The van der Waals surface area contributed by atoms with Crippen LogP contribution in [0.15, 0.2) is 27.1 Å². The standard InChI is InChI=1S/C16H19BrN2O2.ClH/c1-10-13-7-12(17)4-5-14(13)21-15(10)16(20)19-9-11-3-2-6-18-8-11;/h4-5,7,11,18H,2-3,6,8-9H2,1H3,(H,19,20);1H. The molecule has 6 heteroatoms. The molecule has 1 saturated heterocycles. The second-order valence-electron chi connectivity index (χ2n) is 5.62. The van der Waals surface area contributed by atoms with E-state index in [-0.39, 0.29) is 18.3 Å². The van der Waals surface area contributed by atoms with Gasteiger partial charge in [0.2, 0.25) is 0 Å². The van der Waals surface area contributed by atoms with Crippen LogP contribution in [0.2, 0.25) is 0 Å². The summed E-state index contributed by atoms with van der Waals surface area (Å²) in [6.07, 6.45) is 2.34. The van der Waals surface area contributed by atoms with Crippen LogP contribution in [0.1, 0.15) is 29.0 Å². The van der Waals surface area contributed by atoms with Crippen LogP contribution in [0.4, 0.5) is 0 Å². The molecule has 2 N–H and O–H groups in total. The Kier molecular flexibility index (Phi) is 5.89. The number of fused-ring (bicyclic) bond motifs is 1. The van der Waals surface area contributed by atoms with Crippen LogP contribution in [0.5, 0.6) is 0 Å². The molecule has 1 aromatic heterocycles. The van der Waals surface area contributed by atoms with Crippen LogP contribution in [0, 0.1) is 12.8 Å². The average Bonchev–Trinajstić information content (AvgIpc) is 2.83. The van der Waals surface area contributed by atoms with E-state index >= 15 is 0 Å². The summed E-state index contributed by atoms with van der Waals surface area (Å²) in [5, 5.41) is 7.34. The van der Waals surface area contributed by atoms with Gasteiger partial charge in [-0.3, -0.25) is 4.79 Å². The van der Waals surface area contributed by atoms with Crippen molar-refractivity contribution in [2.24, 2.45) is 5.92 Å². The van der Waals surface area contributed by atoms with E-state index < -0.39 is 0 Å². The van der Waals surface area contributed by atoms with E-state index in [1.54, 1.807) is 0 Å². The molecule has 0 radical (unpaired) electrons. The Morgan fingerprint density at radius 1 is 1.50 bits per heavy atom. The lowest BCUT2D eigenvalue weighted by atomic mass is 10.00. The lowest BCUT2D eigenvalue weighted by Crippen LogP contribution is -2.38. The summed E-state index contributed by atoms with van der Waals surface area (Å²) in [6.45, 7) is 4.69. The first-order valence-corrected chi connectivity index (χ1v) is 8.12. The van der Waals surface area contributed by atoms with Crippen molar-refractivity contribution in [2.75, 3.05) is 19.6 Å². The quantitative estimate of drug-likeness (QED) is 0.845. The van der Waals surface area contributed by atoms with Crippen molar-refractivity contribution in [3.05, 3.63) is 34.0 Å². The highest BCUT2D eigenvalue weighted by molar-refractivity contribution is 9.10. The molecule has 1 atom stereocenters. The van der Waals surface area contributed by atoms with Crippen molar-refractivity contribution in [2.45, 2.75) is 19.8 Å². The van der Waals surface area contributed by atoms with Crippen molar-refractivity contribution >= 4 is 45.2 Å². The minimum Gasteiger partial charge on any atom is -0.451 e. The zero-order chi connectivity index (χ0) is 14.8. The second kappa shape index (κ2) is 7.49. The summed E-state index contributed by atoms with van der Waals surface area (Å²) in [5.41, 5.74) is 1.64. The Hall–Kier alpha value is -1.04. The van der Waals surface area contributed by atoms with E-state index in [1.165, 1.54) is 12.8 Å². The average molecular weight is 388 g/mol. The monoisotopic (exact) mass is 386 g/mol. The number of piperidine rings is 1. The lowest BCUT2D eigenvalue weighted by Gasteiger charge is -2.22.